The van der Waals surface area contributed by atoms with Gasteiger partial charge in [-0.05, 0) is 26.0 Å². The minimum absolute atomic E-state index is 0.00165. The molecular formula is C19H22F3N5O4. The van der Waals surface area contributed by atoms with Gasteiger partial charge in [-0.1, -0.05) is 0 Å². The van der Waals surface area contributed by atoms with Gasteiger partial charge in [-0.15, -0.1) is 5.06 Å². The van der Waals surface area contributed by atoms with Gasteiger partial charge < -0.3 is 19.6 Å². The molecule has 0 amide bonds. The maximum atomic E-state index is 12.8. The normalized spacial score (nSPS) is 15.5. The predicted molar refractivity (Wildman–Crippen MR) is 102 cm³/mol. The molecule has 31 heavy (non-hydrogen) atoms. The molecule has 0 radical (unpaired) electrons. The highest BCUT2D eigenvalue weighted by Gasteiger charge is 2.30. The van der Waals surface area contributed by atoms with Crippen LogP contribution in [-0.4, -0.2) is 51.5 Å². The van der Waals surface area contributed by atoms with Crippen molar-refractivity contribution in [3.8, 4) is 5.88 Å². The number of ether oxygens (including phenoxy) is 2. The van der Waals surface area contributed by atoms with Crippen LogP contribution in [-0.2, 0) is 15.8 Å². The number of piperidine rings is 1. The minimum Gasteiger partial charge on any atom is -0.474 e. The van der Waals surface area contributed by atoms with E-state index in [0.717, 1.165) is 18.3 Å². The topological polar surface area (TPSA) is 98.7 Å². The smallest absolute Gasteiger partial charge is 0.474 e. The van der Waals surface area contributed by atoms with Crippen LogP contribution in [0.25, 0.3) is 0 Å². The molecule has 3 rings (SSSR count). The van der Waals surface area contributed by atoms with Crippen molar-refractivity contribution in [2.75, 3.05) is 18.4 Å². The Hall–Kier alpha value is -3.15. The Morgan fingerprint density at radius 3 is 2.55 bits per heavy atom. The summed E-state index contributed by atoms with van der Waals surface area (Å²) >= 11 is 0. The number of carbonyl (C=O) groups is 1. The second-order valence-electron chi connectivity index (χ2n) is 7.05. The number of anilines is 2. The zero-order chi connectivity index (χ0) is 22.4. The molecule has 1 fully saturated rings. The first-order valence-corrected chi connectivity index (χ1v) is 9.61. The predicted octanol–water partition coefficient (Wildman–Crippen LogP) is 3.95. The van der Waals surface area contributed by atoms with E-state index in [1.807, 2.05) is 0 Å². The Bertz CT molecular complexity index is 889. The van der Waals surface area contributed by atoms with E-state index in [9.17, 15) is 18.0 Å². The lowest BCUT2D eigenvalue weighted by Crippen LogP contribution is -2.40. The average molecular weight is 441 g/mol. The number of carbonyl (C=O) groups excluding carboxylic acids is 1. The van der Waals surface area contributed by atoms with E-state index in [-0.39, 0.29) is 29.7 Å². The molecule has 0 atom stereocenters. The number of hydrogen-bond donors (Lipinski definition) is 1. The Kier molecular flexibility index (Phi) is 7.10. The van der Waals surface area contributed by atoms with Crippen molar-refractivity contribution in [3.63, 3.8) is 0 Å². The number of alkyl halides is 3. The number of halogens is 3. The van der Waals surface area contributed by atoms with E-state index in [2.05, 4.69) is 20.3 Å². The molecule has 1 aliphatic heterocycles. The number of rotatable bonds is 6. The fourth-order valence-electron chi connectivity index (χ4n) is 2.81. The van der Waals surface area contributed by atoms with Gasteiger partial charge in [-0.2, -0.15) is 13.2 Å². The van der Waals surface area contributed by atoms with Crippen molar-refractivity contribution in [3.05, 3.63) is 36.3 Å². The second kappa shape index (κ2) is 9.77. The van der Waals surface area contributed by atoms with Crippen molar-refractivity contribution in [1.82, 2.24) is 20.0 Å². The molecule has 1 saturated heterocycles. The molecule has 3 heterocycles. The summed E-state index contributed by atoms with van der Waals surface area (Å²) in [5, 5.41) is 4.23. The summed E-state index contributed by atoms with van der Waals surface area (Å²) in [6.45, 7) is 4.38. The molecule has 168 valence electrons. The summed E-state index contributed by atoms with van der Waals surface area (Å²) in [7, 11) is 0. The quantitative estimate of drug-likeness (QED) is 0.668. The van der Waals surface area contributed by atoms with Gasteiger partial charge >= 0.3 is 12.3 Å². The molecular weight excluding hydrogens is 419 g/mol. The van der Waals surface area contributed by atoms with Crippen molar-refractivity contribution < 1.29 is 32.3 Å². The van der Waals surface area contributed by atoms with Crippen LogP contribution in [0.2, 0.25) is 0 Å². The van der Waals surface area contributed by atoms with Crippen LogP contribution in [0.4, 0.5) is 29.6 Å². The third-order valence-electron chi connectivity index (χ3n) is 4.21. The van der Waals surface area contributed by atoms with E-state index < -0.39 is 17.9 Å². The van der Waals surface area contributed by atoms with Gasteiger partial charge in [0.2, 0.25) is 5.88 Å². The lowest BCUT2D eigenvalue weighted by Gasteiger charge is -2.30. The summed E-state index contributed by atoms with van der Waals surface area (Å²) in [4.78, 5) is 28.6. The molecule has 0 saturated carbocycles. The standard InChI is InChI=1S/C19H22F3N5O4/c1-12(2)29-18(28)31-27-7-4-14(5-8-27)30-17-10-16(24-11-25-17)26-15-9-13(3-6-23-15)19(20,21)22/h3,6,9-12,14H,4-5,7-8H2,1-2H3,(H,23,24,25,26). The maximum Gasteiger partial charge on any atom is 0.528 e. The van der Waals surface area contributed by atoms with E-state index in [1.165, 1.54) is 17.5 Å². The molecule has 2 aromatic heterocycles. The van der Waals surface area contributed by atoms with E-state index in [0.29, 0.717) is 25.9 Å². The van der Waals surface area contributed by atoms with Gasteiger partial charge in [0.25, 0.3) is 0 Å². The highest BCUT2D eigenvalue weighted by atomic mass is 19.4. The van der Waals surface area contributed by atoms with Crippen LogP contribution < -0.4 is 10.1 Å². The fourth-order valence-corrected chi connectivity index (χ4v) is 2.81. The molecule has 1 N–H and O–H groups in total. The SMILES string of the molecule is CC(C)OC(=O)ON1CCC(Oc2cc(Nc3cc(C(F)(F)F)ccn3)ncn2)CC1. The average Bonchev–Trinajstić information content (AvgIpc) is 2.69. The minimum atomic E-state index is -4.47. The maximum absolute atomic E-state index is 12.8. The zero-order valence-electron chi connectivity index (χ0n) is 16.9. The number of hydrogen-bond acceptors (Lipinski definition) is 9. The first-order chi connectivity index (χ1) is 14.7. The fraction of sp³-hybridized carbons (Fsp3) is 0.474. The summed E-state index contributed by atoms with van der Waals surface area (Å²) in [6, 6.07) is 3.26. The third-order valence-corrected chi connectivity index (χ3v) is 4.21. The van der Waals surface area contributed by atoms with Gasteiger partial charge in [0.15, 0.2) is 0 Å². The van der Waals surface area contributed by atoms with Crippen LogP contribution in [0.1, 0.15) is 32.3 Å². The summed E-state index contributed by atoms with van der Waals surface area (Å²) in [5.74, 6) is 0.510. The molecule has 0 spiro atoms. The van der Waals surface area contributed by atoms with Gasteiger partial charge in [0.1, 0.15) is 24.1 Å². The Balaban J connectivity index is 1.53. The molecule has 2 aromatic rings. The molecule has 0 aliphatic carbocycles. The zero-order valence-corrected chi connectivity index (χ0v) is 16.9. The lowest BCUT2D eigenvalue weighted by atomic mass is 10.1. The number of pyridine rings is 1. The van der Waals surface area contributed by atoms with Crippen molar-refractivity contribution >= 4 is 17.8 Å². The molecule has 12 heteroatoms. The Morgan fingerprint density at radius 1 is 1.16 bits per heavy atom. The van der Waals surface area contributed by atoms with Crippen LogP contribution in [0.15, 0.2) is 30.7 Å². The highest BCUT2D eigenvalue weighted by Crippen LogP contribution is 2.30. The lowest BCUT2D eigenvalue weighted by molar-refractivity contribution is -0.151. The Labute approximate surface area is 176 Å². The molecule has 9 nitrogen and oxygen atoms in total. The number of nitrogens with zero attached hydrogens (tertiary/aromatic N) is 4. The number of nitrogens with one attached hydrogen (secondary N) is 1. The summed E-state index contributed by atoms with van der Waals surface area (Å²) in [5.41, 5.74) is -0.818. The monoisotopic (exact) mass is 441 g/mol. The van der Waals surface area contributed by atoms with Gasteiger partial charge in [0.05, 0.1) is 11.7 Å². The van der Waals surface area contributed by atoms with Gasteiger partial charge in [-0.25, -0.2) is 19.7 Å². The van der Waals surface area contributed by atoms with Crippen LogP contribution >= 0.6 is 0 Å². The first kappa shape index (κ1) is 22.5. The van der Waals surface area contributed by atoms with Gasteiger partial charge in [-0.3, -0.25) is 0 Å². The largest absolute Gasteiger partial charge is 0.528 e. The number of hydroxylamine groups is 2. The highest BCUT2D eigenvalue weighted by molar-refractivity contribution is 5.59. The van der Waals surface area contributed by atoms with Gasteiger partial charge in [0, 0.05) is 38.2 Å². The van der Waals surface area contributed by atoms with E-state index in [1.54, 1.807) is 13.8 Å². The third kappa shape index (κ3) is 6.95. The molecule has 0 bridgehead atoms. The number of aromatic nitrogens is 3. The molecule has 0 unspecified atom stereocenters. The van der Waals surface area contributed by atoms with E-state index in [4.69, 9.17) is 14.3 Å². The van der Waals surface area contributed by atoms with Crippen LogP contribution in [0.5, 0.6) is 5.88 Å². The second-order valence-corrected chi connectivity index (χ2v) is 7.05. The van der Waals surface area contributed by atoms with Crippen LogP contribution in [0, 0.1) is 0 Å². The van der Waals surface area contributed by atoms with Crippen LogP contribution in [0.3, 0.4) is 0 Å². The van der Waals surface area contributed by atoms with Crippen molar-refractivity contribution in [1.29, 1.82) is 0 Å². The van der Waals surface area contributed by atoms with Crippen molar-refractivity contribution in [2.45, 2.75) is 45.1 Å². The Morgan fingerprint density at radius 2 is 1.87 bits per heavy atom. The molecule has 1 aliphatic rings. The van der Waals surface area contributed by atoms with Crippen molar-refractivity contribution in [2.24, 2.45) is 0 Å². The summed E-state index contributed by atoms with van der Waals surface area (Å²) in [6.07, 6.45) is -2.18. The molecule has 0 aromatic carbocycles. The summed E-state index contributed by atoms with van der Waals surface area (Å²) < 4.78 is 49.3. The van der Waals surface area contributed by atoms with E-state index >= 15 is 0 Å². The first-order valence-electron chi connectivity index (χ1n) is 9.61.